The van der Waals surface area contributed by atoms with Crippen LogP contribution in [0.5, 0.6) is 0 Å². The predicted molar refractivity (Wildman–Crippen MR) is 102 cm³/mol. The lowest BCUT2D eigenvalue weighted by Crippen LogP contribution is -2.49. The predicted octanol–water partition coefficient (Wildman–Crippen LogP) is 3.77. The van der Waals surface area contributed by atoms with Crippen molar-refractivity contribution in [1.82, 2.24) is 4.83 Å². The quantitative estimate of drug-likeness (QED) is 0.469. The van der Waals surface area contributed by atoms with Crippen LogP contribution in [0.1, 0.15) is 51.0 Å². The van der Waals surface area contributed by atoms with E-state index < -0.39 is 14.9 Å². The van der Waals surface area contributed by atoms with E-state index in [1.54, 1.807) is 6.92 Å². The van der Waals surface area contributed by atoms with Gasteiger partial charge >= 0.3 is 0 Å². The van der Waals surface area contributed by atoms with Crippen LogP contribution in [-0.4, -0.2) is 19.1 Å². The molecule has 1 N–H and O–H groups in total. The van der Waals surface area contributed by atoms with Crippen molar-refractivity contribution in [2.45, 2.75) is 57.3 Å². The summed E-state index contributed by atoms with van der Waals surface area (Å²) in [6, 6.07) is 3.91. The number of nitrogens with zero attached hydrogens (tertiary/aromatic N) is 2. The first kappa shape index (κ1) is 18.4. The third-order valence-electron chi connectivity index (χ3n) is 6.83. The van der Waals surface area contributed by atoms with Crippen LogP contribution in [0.4, 0.5) is 5.69 Å². The Hall–Kier alpha value is -1.96. The Morgan fingerprint density at radius 3 is 2.26 bits per heavy atom. The Morgan fingerprint density at radius 1 is 1.19 bits per heavy atom. The third-order valence-corrected chi connectivity index (χ3v) is 8.03. The fraction of sp³-hybridized carbons (Fsp3) is 0.632. The van der Waals surface area contributed by atoms with Gasteiger partial charge in [-0.3, -0.25) is 10.1 Å². The second-order valence-electron chi connectivity index (χ2n) is 8.70. The van der Waals surface area contributed by atoms with Crippen LogP contribution < -0.4 is 4.83 Å². The number of nitro benzene ring substituents is 1. The maximum Gasteiger partial charge on any atom is 0.276 e. The van der Waals surface area contributed by atoms with Crippen LogP contribution in [0, 0.1) is 40.2 Å². The summed E-state index contributed by atoms with van der Waals surface area (Å²) >= 11 is 0. The summed E-state index contributed by atoms with van der Waals surface area (Å²) in [6.07, 6.45) is 7.24. The first-order valence-corrected chi connectivity index (χ1v) is 11.0. The number of nitro groups is 1. The summed E-state index contributed by atoms with van der Waals surface area (Å²) in [4.78, 5) is 12.7. The molecule has 4 bridgehead atoms. The summed E-state index contributed by atoms with van der Waals surface area (Å²) in [5.74, 6) is 2.24. The molecule has 0 amide bonds. The van der Waals surface area contributed by atoms with Gasteiger partial charge in [-0.1, -0.05) is 6.07 Å². The molecule has 5 rings (SSSR count). The molecule has 4 aliphatic carbocycles. The lowest BCUT2D eigenvalue weighted by Gasteiger charge is -2.56. The Morgan fingerprint density at radius 2 is 1.74 bits per heavy atom. The van der Waals surface area contributed by atoms with Crippen LogP contribution in [0.2, 0.25) is 0 Å². The van der Waals surface area contributed by atoms with Crippen LogP contribution >= 0.6 is 0 Å². The number of sulfonamides is 1. The van der Waals surface area contributed by atoms with Crippen LogP contribution in [0.3, 0.4) is 0 Å². The van der Waals surface area contributed by atoms with Crippen molar-refractivity contribution in [1.29, 1.82) is 0 Å². The zero-order valence-corrected chi connectivity index (χ0v) is 16.5. The van der Waals surface area contributed by atoms with E-state index in [0.29, 0.717) is 5.56 Å². The molecule has 7 nitrogen and oxygen atoms in total. The number of hydrogen-bond donors (Lipinski definition) is 1. The number of hydrazone groups is 1. The minimum atomic E-state index is -3.94. The fourth-order valence-corrected chi connectivity index (χ4v) is 6.68. The highest BCUT2D eigenvalue weighted by molar-refractivity contribution is 7.89. The third kappa shape index (κ3) is 3.24. The molecule has 0 heterocycles. The van der Waals surface area contributed by atoms with Gasteiger partial charge in [0, 0.05) is 22.8 Å². The second-order valence-corrected chi connectivity index (χ2v) is 10.4. The largest absolute Gasteiger partial charge is 0.276 e. The van der Waals surface area contributed by atoms with E-state index in [0.717, 1.165) is 48.8 Å². The smallest absolute Gasteiger partial charge is 0.258 e. The highest BCUT2D eigenvalue weighted by Gasteiger charge is 2.52. The normalized spacial score (nSPS) is 32.5. The average Bonchev–Trinajstić information content (AvgIpc) is 2.58. The summed E-state index contributed by atoms with van der Waals surface area (Å²) in [5, 5.41) is 15.4. The molecule has 0 aliphatic heterocycles. The molecule has 0 atom stereocenters. The standard InChI is InChI=1S/C19H25N3O4S/c1-12-3-4-17(8-18(12)22(23)24)27(25,26)21-20-13(2)19-9-14-5-15(10-19)7-16(6-14)11-19/h3-4,8,14-16,21H,5-7,9-11H2,1-2H3/b20-13-. The molecule has 0 saturated heterocycles. The Balaban J connectivity index is 1.57. The molecule has 4 fully saturated rings. The second kappa shape index (κ2) is 6.29. The van der Waals surface area contributed by atoms with Crippen molar-refractivity contribution in [3.8, 4) is 0 Å². The first-order chi connectivity index (χ1) is 12.7. The molecule has 0 radical (unpaired) electrons. The Kier molecular flexibility index (Phi) is 4.29. The molecule has 146 valence electrons. The van der Waals surface area contributed by atoms with Gasteiger partial charge in [0.1, 0.15) is 0 Å². The van der Waals surface area contributed by atoms with Crippen molar-refractivity contribution < 1.29 is 13.3 Å². The summed E-state index contributed by atoms with van der Waals surface area (Å²) in [6.45, 7) is 3.50. The van der Waals surface area contributed by atoms with E-state index in [2.05, 4.69) is 9.93 Å². The van der Waals surface area contributed by atoms with E-state index >= 15 is 0 Å². The monoisotopic (exact) mass is 391 g/mol. The maximum atomic E-state index is 12.6. The number of nitrogens with one attached hydrogen (secondary N) is 1. The van der Waals surface area contributed by atoms with Crippen LogP contribution in [0.25, 0.3) is 0 Å². The number of aryl methyl sites for hydroxylation is 1. The van der Waals surface area contributed by atoms with E-state index in [4.69, 9.17) is 0 Å². The highest BCUT2D eigenvalue weighted by atomic mass is 32.2. The van der Waals surface area contributed by atoms with Gasteiger partial charge in [0.15, 0.2) is 0 Å². The molecular formula is C19H25N3O4S. The summed E-state index contributed by atoms with van der Waals surface area (Å²) in [5.41, 5.74) is 1.09. The molecule has 1 aromatic rings. The molecule has 4 aliphatic rings. The molecule has 8 heteroatoms. The van der Waals surface area contributed by atoms with Crippen molar-refractivity contribution >= 4 is 21.4 Å². The zero-order valence-electron chi connectivity index (χ0n) is 15.6. The van der Waals surface area contributed by atoms with Crippen molar-refractivity contribution in [3.05, 3.63) is 33.9 Å². The van der Waals surface area contributed by atoms with Gasteiger partial charge in [-0.25, -0.2) is 4.83 Å². The minimum Gasteiger partial charge on any atom is -0.258 e. The molecular weight excluding hydrogens is 366 g/mol. The van der Waals surface area contributed by atoms with Gasteiger partial charge < -0.3 is 0 Å². The number of benzene rings is 1. The molecule has 0 unspecified atom stereocenters. The molecule has 0 spiro atoms. The van der Waals surface area contributed by atoms with E-state index in [1.807, 2.05) is 6.92 Å². The first-order valence-electron chi connectivity index (χ1n) is 9.50. The van der Waals surface area contributed by atoms with Crippen LogP contribution in [-0.2, 0) is 10.0 Å². The van der Waals surface area contributed by atoms with E-state index in [-0.39, 0.29) is 16.0 Å². The topological polar surface area (TPSA) is 102 Å². The van der Waals surface area contributed by atoms with E-state index in [1.165, 1.54) is 31.4 Å². The fourth-order valence-electron chi connectivity index (χ4n) is 5.81. The van der Waals surface area contributed by atoms with Crippen molar-refractivity contribution in [2.24, 2.45) is 28.3 Å². The SMILES string of the molecule is C/C(=N/NS(=O)(=O)c1ccc(C)c([N+](=O)[O-])c1)C12CC3CC(CC(C3)C1)C2. The molecule has 27 heavy (non-hydrogen) atoms. The number of hydrogen-bond acceptors (Lipinski definition) is 5. The summed E-state index contributed by atoms with van der Waals surface area (Å²) < 4.78 is 25.2. The lowest BCUT2D eigenvalue weighted by molar-refractivity contribution is -0.385. The van der Waals surface area contributed by atoms with Crippen molar-refractivity contribution in [3.63, 3.8) is 0 Å². The minimum absolute atomic E-state index is 0.0243. The molecule has 1 aromatic carbocycles. The van der Waals surface area contributed by atoms with E-state index in [9.17, 15) is 18.5 Å². The van der Waals surface area contributed by atoms with Gasteiger partial charge in [0.25, 0.3) is 15.7 Å². The van der Waals surface area contributed by atoms with Gasteiger partial charge in [-0.05, 0) is 76.2 Å². The zero-order chi connectivity index (χ0) is 19.4. The van der Waals surface area contributed by atoms with Gasteiger partial charge in [-0.15, -0.1) is 0 Å². The number of rotatable bonds is 5. The van der Waals surface area contributed by atoms with Gasteiger partial charge in [0.2, 0.25) is 0 Å². The molecule has 0 aromatic heterocycles. The van der Waals surface area contributed by atoms with Gasteiger partial charge in [0.05, 0.1) is 9.82 Å². The lowest BCUT2D eigenvalue weighted by atomic mass is 9.48. The molecule has 4 saturated carbocycles. The van der Waals surface area contributed by atoms with Crippen molar-refractivity contribution in [2.75, 3.05) is 0 Å². The van der Waals surface area contributed by atoms with Gasteiger partial charge in [-0.2, -0.15) is 13.5 Å². The Bertz CT molecular complexity index is 888. The average molecular weight is 391 g/mol. The van der Waals surface area contributed by atoms with Crippen LogP contribution in [0.15, 0.2) is 28.2 Å². The summed E-state index contributed by atoms with van der Waals surface area (Å²) in [7, 11) is -3.94. The Labute approximate surface area is 159 Å². The maximum absolute atomic E-state index is 12.6. The highest BCUT2D eigenvalue weighted by Crippen LogP contribution is 2.60.